The maximum atomic E-state index is 14.6. The molecule has 0 N–H and O–H groups in total. The standard InChI is InChI=1S/C21H50O12P2Si2/c1-11-30-34(22,31-12-2)21(35(23,32-13-3)33-14-4,17-15-19-36(24-5,25-6)26-7)18-16-20-37(27-8,28-9)29-10/h11-20H2,1-10H3. The van der Waals surface area contributed by atoms with Crippen LogP contribution in [-0.2, 0) is 53.8 Å². The van der Waals surface area contributed by atoms with Gasteiger partial charge in [0.25, 0.3) is 0 Å². The topological polar surface area (TPSA) is 126 Å². The summed E-state index contributed by atoms with van der Waals surface area (Å²) in [4.78, 5) is -1.62. The minimum atomic E-state index is -4.08. The smallest absolute Gasteiger partial charge is 0.377 e. The van der Waals surface area contributed by atoms with E-state index >= 15 is 0 Å². The van der Waals surface area contributed by atoms with Gasteiger partial charge in [-0.05, 0) is 53.4 Å². The third-order valence-electron chi connectivity index (χ3n) is 6.20. The van der Waals surface area contributed by atoms with E-state index in [4.69, 9.17) is 44.7 Å². The average molecular weight is 613 g/mol. The number of hydrogen-bond donors (Lipinski definition) is 0. The second-order valence-corrected chi connectivity index (χ2v) is 19.2. The first-order valence-corrected chi connectivity index (χ1v) is 19.6. The van der Waals surface area contributed by atoms with Gasteiger partial charge in [-0.25, -0.2) is 0 Å². The van der Waals surface area contributed by atoms with E-state index in [1.807, 2.05) is 0 Å². The van der Waals surface area contributed by atoms with Crippen molar-refractivity contribution in [3.63, 3.8) is 0 Å². The third-order valence-corrected chi connectivity index (χ3v) is 18.7. The first-order valence-electron chi connectivity index (χ1n) is 12.6. The van der Waals surface area contributed by atoms with Crippen LogP contribution in [-0.4, -0.2) is 91.6 Å². The zero-order chi connectivity index (χ0) is 28.6. The van der Waals surface area contributed by atoms with Gasteiger partial charge in [0.2, 0.25) is 0 Å². The van der Waals surface area contributed by atoms with Crippen LogP contribution in [0.15, 0.2) is 0 Å². The molecule has 0 heterocycles. The summed E-state index contributed by atoms with van der Waals surface area (Å²) >= 11 is 0. The third kappa shape index (κ3) is 9.26. The van der Waals surface area contributed by atoms with Crippen molar-refractivity contribution in [3.05, 3.63) is 0 Å². The van der Waals surface area contributed by atoms with Gasteiger partial charge in [-0.3, -0.25) is 9.13 Å². The van der Waals surface area contributed by atoms with E-state index in [-0.39, 0.29) is 39.3 Å². The quantitative estimate of drug-likeness (QED) is 0.100. The van der Waals surface area contributed by atoms with Crippen molar-refractivity contribution >= 4 is 32.8 Å². The summed E-state index contributed by atoms with van der Waals surface area (Å²) in [5, 5.41) is 0. The normalized spacial score (nSPS) is 13.9. The van der Waals surface area contributed by atoms with Crippen LogP contribution in [0.4, 0.5) is 0 Å². The van der Waals surface area contributed by atoms with Crippen LogP contribution in [0.3, 0.4) is 0 Å². The monoisotopic (exact) mass is 612 g/mol. The Morgan fingerprint density at radius 1 is 0.514 bits per heavy atom. The van der Waals surface area contributed by atoms with Crippen molar-refractivity contribution in [1.29, 1.82) is 0 Å². The van der Waals surface area contributed by atoms with Crippen LogP contribution in [0, 0.1) is 0 Å². The van der Waals surface area contributed by atoms with Crippen molar-refractivity contribution in [1.82, 2.24) is 0 Å². The SMILES string of the molecule is CCOP(=O)(OCC)C(CCC[Si](OC)(OC)OC)(CCC[Si](OC)(OC)OC)P(=O)(OCC)OCC. The van der Waals surface area contributed by atoms with Crippen molar-refractivity contribution in [2.75, 3.05) is 69.1 Å². The highest BCUT2D eigenvalue weighted by atomic mass is 31.2. The Kier molecular flexibility index (Phi) is 18.3. The summed E-state index contributed by atoms with van der Waals surface area (Å²) in [7, 11) is -5.01. The Labute approximate surface area is 226 Å². The molecule has 0 aliphatic heterocycles. The highest BCUT2D eigenvalue weighted by molar-refractivity contribution is 7.74. The Bertz CT molecular complexity index is 612. The summed E-state index contributed by atoms with van der Waals surface area (Å²) in [6.45, 7) is 7.16. The van der Waals surface area contributed by atoms with E-state index in [1.165, 1.54) is 42.7 Å². The van der Waals surface area contributed by atoms with E-state index in [2.05, 4.69) is 0 Å². The van der Waals surface area contributed by atoms with E-state index in [1.54, 1.807) is 27.7 Å². The highest BCUT2D eigenvalue weighted by Crippen LogP contribution is 2.81. The molecule has 16 heteroatoms. The van der Waals surface area contributed by atoms with Gasteiger partial charge in [-0.1, -0.05) is 0 Å². The lowest BCUT2D eigenvalue weighted by Crippen LogP contribution is -2.44. The molecule has 0 aliphatic carbocycles. The molecule has 0 atom stereocenters. The molecule has 0 aromatic rings. The molecule has 0 radical (unpaired) electrons. The van der Waals surface area contributed by atoms with Gasteiger partial charge in [0.15, 0.2) is 4.90 Å². The molecule has 0 amide bonds. The summed E-state index contributed by atoms with van der Waals surface area (Å²) in [6.07, 6.45) is 0.983. The lowest BCUT2D eigenvalue weighted by atomic mass is 10.1. The molecule has 0 rings (SSSR count). The van der Waals surface area contributed by atoms with Crippen LogP contribution >= 0.6 is 15.2 Å². The number of rotatable bonds is 24. The molecule has 0 aromatic heterocycles. The average Bonchev–Trinajstić information content (AvgIpc) is 2.89. The highest BCUT2D eigenvalue weighted by Gasteiger charge is 2.64. The molecule has 224 valence electrons. The lowest BCUT2D eigenvalue weighted by molar-refractivity contribution is 0.120. The maximum Gasteiger partial charge on any atom is 0.500 e. The summed E-state index contributed by atoms with van der Waals surface area (Å²) in [6, 6.07) is 0.753. The van der Waals surface area contributed by atoms with Gasteiger partial charge < -0.3 is 44.7 Å². The predicted octanol–water partition coefficient (Wildman–Crippen LogP) is 5.53. The zero-order valence-corrected chi connectivity index (χ0v) is 28.2. The summed E-state index contributed by atoms with van der Waals surface area (Å²) in [5.41, 5.74) is 0. The fraction of sp³-hybridized carbons (Fsp3) is 1.00. The molecule has 0 spiro atoms. The minimum absolute atomic E-state index is 0.0804. The molecule has 0 aliphatic rings. The van der Waals surface area contributed by atoms with E-state index in [9.17, 15) is 9.13 Å². The molecule has 0 aromatic carbocycles. The van der Waals surface area contributed by atoms with Crippen molar-refractivity contribution in [3.8, 4) is 0 Å². The van der Waals surface area contributed by atoms with Crippen molar-refractivity contribution in [2.45, 2.75) is 70.4 Å². The zero-order valence-electron chi connectivity index (χ0n) is 24.4. The van der Waals surface area contributed by atoms with Gasteiger partial charge in [0.1, 0.15) is 0 Å². The van der Waals surface area contributed by atoms with Gasteiger partial charge >= 0.3 is 32.8 Å². The molecule has 0 saturated carbocycles. The molecule has 0 fully saturated rings. The first-order chi connectivity index (χ1) is 17.5. The van der Waals surface area contributed by atoms with Crippen LogP contribution < -0.4 is 0 Å². The second-order valence-electron chi connectivity index (χ2n) is 7.95. The molecule has 0 saturated heterocycles. The Morgan fingerprint density at radius 2 is 0.757 bits per heavy atom. The van der Waals surface area contributed by atoms with Crippen LogP contribution in [0.1, 0.15) is 53.4 Å². The first kappa shape index (κ1) is 37.5. The van der Waals surface area contributed by atoms with Gasteiger partial charge in [-0.2, -0.15) is 0 Å². The predicted molar refractivity (Wildman–Crippen MR) is 146 cm³/mol. The van der Waals surface area contributed by atoms with Crippen LogP contribution in [0.25, 0.3) is 0 Å². The fourth-order valence-corrected chi connectivity index (χ4v) is 13.9. The molecular formula is C21H50O12P2Si2. The Hall–Kier alpha value is 0.494. The maximum absolute atomic E-state index is 14.6. The van der Waals surface area contributed by atoms with Gasteiger partial charge in [-0.15, -0.1) is 0 Å². The summed E-state index contributed by atoms with van der Waals surface area (Å²) in [5.74, 6) is 0. The molecule has 12 nitrogen and oxygen atoms in total. The summed E-state index contributed by atoms with van der Waals surface area (Å²) < 4.78 is 86.0. The number of hydrogen-bond acceptors (Lipinski definition) is 12. The second kappa shape index (κ2) is 18.0. The Morgan fingerprint density at radius 3 is 0.946 bits per heavy atom. The van der Waals surface area contributed by atoms with E-state index in [0.717, 1.165) is 0 Å². The molecule has 0 unspecified atom stereocenters. The fourth-order valence-electron chi connectivity index (χ4n) is 4.35. The van der Waals surface area contributed by atoms with Crippen molar-refractivity contribution in [2.24, 2.45) is 0 Å². The van der Waals surface area contributed by atoms with Crippen molar-refractivity contribution < 1.29 is 53.8 Å². The molecular weight excluding hydrogens is 562 g/mol. The molecule has 37 heavy (non-hydrogen) atoms. The van der Waals surface area contributed by atoms with Gasteiger partial charge in [0, 0.05) is 54.7 Å². The van der Waals surface area contributed by atoms with E-state index < -0.39 is 37.7 Å². The van der Waals surface area contributed by atoms with Gasteiger partial charge in [0.05, 0.1) is 26.4 Å². The van der Waals surface area contributed by atoms with Crippen LogP contribution in [0.2, 0.25) is 12.1 Å². The largest absolute Gasteiger partial charge is 0.500 e. The van der Waals surface area contributed by atoms with E-state index in [0.29, 0.717) is 24.9 Å². The Balaban J connectivity index is 6.84. The minimum Gasteiger partial charge on any atom is -0.377 e. The molecule has 0 bridgehead atoms. The van der Waals surface area contributed by atoms with Crippen LogP contribution in [0.5, 0.6) is 0 Å². The lowest BCUT2D eigenvalue weighted by Gasteiger charge is -2.43.